The van der Waals surface area contributed by atoms with Gasteiger partial charge in [0.2, 0.25) is 0 Å². The molecule has 2 aliphatic carbocycles. The molecule has 15 heteroatoms. The maximum absolute atomic E-state index is 13.1. The van der Waals surface area contributed by atoms with Crippen LogP contribution in [-0.4, -0.2) is 68.5 Å². The summed E-state index contributed by atoms with van der Waals surface area (Å²) in [6, 6.07) is 17.8. The van der Waals surface area contributed by atoms with E-state index in [1.54, 1.807) is 48.5 Å². The topological polar surface area (TPSA) is 193 Å². The molecule has 0 amide bonds. The number of carbonyl (C=O) groups excluding carboxylic acids is 7. The number of aldehydes is 1. The highest BCUT2D eigenvalue weighted by atomic mass is 16.6. The van der Waals surface area contributed by atoms with Crippen LogP contribution in [0.1, 0.15) is 100 Å². The number of ether oxygens (including phenoxy) is 8. The van der Waals surface area contributed by atoms with E-state index in [9.17, 15) is 33.6 Å². The number of benzene rings is 3. The quantitative estimate of drug-likeness (QED) is 0.0257. The van der Waals surface area contributed by atoms with Gasteiger partial charge in [0.25, 0.3) is 0 Å². The van der Waals surface area contributed by atoms with Gasteiger partial charge in [-0.2, -0.15) is 0 Å². The molecular weight excluding hydrogens is 853 g/mol. The molecule has 0 N–H and O–H groups in total. The van der Waals surface area contributed by atoms with Crippen LogP contribution in [-0.2, 0) is 38.2 Å². The summed E-state index contributed by atoms with van der Waals surface area (Å²) in [5, 5.41) is 0. The molecule has 0 atom stereocenters. The molecule has 0 unspecified atom stereocenters. The summed E-state index contributed by atoms with van der Waals surface area (Å²) >= 11 is 0. The fourth-order valence-corrected chi connectivity index (χ4v) is 7.51. The first-order valence-corrected chi connectivity index (χ1v) is 22.5. The van der Waals surface area contributed by atoms with Crippen molar-refractivity contribution in [2.24, 2.45) is 23.7 Å². The van der Waals surface area contributed by atoms with Gasteiger partial charge in [-0.25, -0.2) is 9.59 Å². The number of hydrogen-bond acceptors (Lipinski definition) is 15. The van der Waals surface area contributed by atoms with Crippen molar-refractivity contribution in [1.82, 2.24) is 0 Å². The van der Waals surface area contributed by atoms with Crippen molar-refractivity contribution < 1.29 is 71.5 Å². The molecule has 3 aromatic carbocycles. The maximum Gasteiger partial charge on any atom is 0.330 e. The monoisotopic (exact) mass is 910 g/mol. The van der Waals surface area contributed by atoms with E-state index in [2.05, 4.69) is 13.2 Å². The lowest BCUT2D eigenvalue weighted by molar-refractivity contribution is -0.145. The largest absolute Gasteiger partial charge is 0.494 e. The fourth-order valence-electron chi connectivity index (χ4n) is 7.51. The normalized spacial score (nSPS) is 17.8. The molecule has 2 saturated carbocycles. The second-order valence-electron chi connectivity index (χ2n) is 16.1. The van der Waals surface area contributed by atoms with Crippen molar-refractivity contribution in [1.29, 1.82) is 0 Å². The number of rotatable bonds is 25. The van der Waals surface area contributed by atoms with Crippen molar-refractivity contribution in [3.63, 3.8) is 0 Å². The van der Waals surface area contributed by atoms with Gasteiger partial charge in [-0.15, -0.1) is 0 Å². The highest BCUT2D eigenvalue weighted by Crippen LogP contribution is 2.34. The molecule has 5 rings (SSSR count). The van der Waals surface area contributed by atoms with Crippen LogP contribution in [0.15, 0.2) is 92.0 Å². The zero-order valence-electron chi connectivity index (χ0n) is 37.2. The summed E-state index contributed by atoms with van der Waals surface area (Å²) in [7, 11) is 0. The van der Waals surface area contributed by atoms with Gasteiger partial charge in [-0.1, -0.05) is 13.2 Å². The molecule has 2 fully saturated rings. The smallest absolute Gasteiger partial charge is 0.330 e. The summed E-state index contributed by atoms with van der Waals surface area (Å²) in [6.45, 7) is 8.34. The molecule has 3 aromatic rings. The SMILES string of the molecule is C=CC(=O)OCCCCCCOc1ccc(OC(=O)C2CCC(C(=O)Oc3ccc(OC(=O)C4CCC(C(=O)Oc5ccc(OCCCCOC(=O)C=C)cc5)CC4)c(C=O)c3)CC2)cc1. The Hall–Kier alpha value is -6.77. The number of hydrogen-bond donors (Lipinski definition) is 0. The third-order valence-corrected chi connectivity index (χ3v) is 11.3. The Morgan fingerprint density at radius 2 is 0.773 bits per heavy atom. The van der Waals surface area contributed by atoms with Crippen LogP contribution in [0.2, 0.25) is 0 Å². The van der Waals surface area contributed by atoms with E-state index in [-0.39, 0.29) is 41.5 Å². The molecule has 352 valence electrons. The molecule has 0 heterocycles. The molecule has 0 bridgehead atoms. The zero-order valence-corrected chi connectivity index (χ0v) is 37.2. The molecule has 66 heavy (non-hydrogen) atoms. The van der Waals surface area contributed by atoms with Gasteiger partial charge in [0.05, 0.1) is 55.7 Å². The number of carbonyl (C=O) groups is 7. The Labute approximate surface area is 384 Å². The van der Waals surface area contributed by atoms with Gasteiger partial charge in [-0.3, -0.25) is 24.0 Å². The van der Waals surface area contributed by atoms with Crippen LogP contribution < -0.4 is 28.4 Å². The van der Waals surface area contributed by atoms with Gasteiger partial charge >= 0.3 is 35.8 Å². The third-order valence-electron chi connectivity index (χ3n) is 11.3. The maximum atomic E-state index is 13.1. The van der Waals surface area contributed by atoms with E-state index < -0.39 is 41.6 Å². The van der Waals surface area contributed by atoms with Crippen molar-refractivity contribution in [3.8, 4) is 34.5 Å². The second kappa shape index (κ2) is 26.9. The van der Waals surface area contributed by atoms with Gasteiger partial charge < -0.3 is 37.9 Å². The van der Waals surface area contributed by atoms with Gasteiger partial charge in [0.15, 0.2) is 6.29 Å². The van der Waals surface area contributed by atoms with E-state index in [0.717, 1.165) is 37.8 Å². The van der Waals surface area contributed by atoms with Crippen molar-refractivity contribution >= 4 is 42.1 Å². The summed E-state index contributed by atoms with van der Waals surface area (Å²) in [4.78, 5) is 86.2. The summed E-state index contributed by atoms with van der Waals surface area (Å²) in [5.74, 6) is -2.13. The average molecular weight is 911 g/mol. The Morgan fingerprint density at radius 1 is 0.439 bits per heavy atom. The van der Waals surface area contributed by atoms with Gasteiger partial charge in [0.1, 0.15) is 34.5 Å². The molecule has 0 saturated heterocycles. The van der Waals surface area contributed by atoms with Crippen LogP contribution in [0.5, 0.6) is 34.5 Å². The van der Waals surface area contributed by atoms with E-state index >= 15 is 0 Å². The summed E-state index contributed by atoms with van der Waals surface area (Å²) in [5.41, 5.74) is 0.0392. The summed E-state index contributed by atoms with van der Waals surface area (Å²) in [6.07, 6.45) is 11.0. The molecular formula is C51H58O15. The molecule has 15 nitrogen and oxygen atoms in total. The Morgan fingerprint density at radius 3 is 1.18 bits per heavy atom. The molecule has 0 aromatic heterocycles. The predicted molar refractivity (Wildman–Crippen MR) is 239 cm³/mol. The van der Waals surface area contributed by atoms with Crippen LogP contribution in [0.4, 0.5) is 0 Å². The Balaban J connectivity index is 0.961. The lowest BCUT2D eigenvalue weighted by atomic mass is 9.82. The minimum atomic E-state index is -0.522. The van der Waals surface area contributed by atoms with Gasteiger partial charge in [-0.05, 0) is 157 Å². The average Bonchev–Trinajstić information content (AvgIpc) is 3.34. The highest BCUT2D eigenvalue weighted by Gasteiger charge is 2.34. The van der Waals surface area contributed by atoms with Crippen LogP contribution in [0, 0.1) is 23.7 Å². The predicted octanol–water partition coefficient (Wildman–Crippen LogP) is 8.69. The first kappa shape index (κ1) is 50.2. The number of unbranched alkanes of at least 4 members (excludes halogenated alkanes) is 4. The first-order valence-electron chi connectivity index (χ1n) is 22.5. The highest BCUT2D eigenvalue weighted by molar-refractivity contribution is 5.85. The lowest BCUT2D eigenvalue weighted by Crippen LogP contribution is -2.30. The van der Waals surface area contributed by atoms with E-state index in [1.807, 2.05) is 0 Å². The van der Waals surface area contributed by atoms with Crippen LogP contribution >= 0.6 is 0 Å². The lowest BCUT2D eigenvalue weighted by Gasteiger charge is -2.26. The van der Waals surface area contributed by atoms with E-state index in [4.69, 9.17) is 37.9 Å². The molecule has 0 spiro atoms. The minimum Gasteiger partial charge on any atom is -0.494 e. The van der Waals surface area contributed by atoms with Gasteiger partial charge in [0, 0.05) is 12.2 Å². The second-order valence-corrected chi connectivity index (χ2v) is 16.1. The Bertz CT molecular complexity index is 2110. The zero-order chi connectivity index (χ0) is 47.1. The van der Waals surface area contributed by atoms with Crippen LogP contribution in [0.25, 0.3) is 0 Å². The molecule has 2 aliphatic rings. The third kappa shape index (κ3) is 16.7. The Kier molecular flexibility index (Phi) is 20.5. The minimum absolute atomic E-state index is 0.0351. The van der Waals surface area contributed by atoms with Crippen molar-refractivity contribution in [2.45, 2.75) is 89.9 Å². The van der Waals surface area contributed by atoms with E-state index in [1.165, 1.54) is 18.2 Å². The fraction of sp³-hybridized carbons (Fsp3) is 0.431. The van der Waals surface area contributed by atoms with Crippen molar-refractivity contribution in [3.05, 3.63) is 97.6 Å². The molecule has 0 radical (unpaired) electrons. The standard InChI is InChI=1S/C51H58O15/c1-3-46(53)61-31-8-6-5-7-29-59-40-19-23-42(24-20-40)63-48(55)35-11-13-37(14-12-35)50(57)65-44-27-28-45(39(33-44)34-52)66-51(58)38-17-15-36(16-18-38)49(56)64-43-25-21-41(22-26-43)60-30-9-10-32-62-47(54)4-2/h3-4,19-28,33-38H,1-2,5-18,29-32H2. The number of esters is 6. The molecule has 0 aliphatic heterocycles. The van der Waals surface area contributed by atoms with Crippen molar-refractivity contribution in [2.75, 3.05) is 26.4 Å². The first-order chi connectivity index (χ1) is 32.0. The summed E-state index contributed by atoms with van der Waals surface area (Å²) < 4.78 is 43.8. The van der Waals surface area contributed by atoms with E-state index in [0.29, 0.717) is 113 Å². The van der Waals surface area contributed by atoms with Crippen LogP contribution in [0.3, 0.4) is 0 Å².